The summed E-state index contributed by atoms with van der Waals surface area (Å²) in [6.07, 6.45) is -7.27. The van der Waals surface area contributed by atoms with Gasteiger partial charge in [0.05, 0.1) is 0 Å². The second-order valence-corrected chi connectivity index (χ2v) is 8.84. The van der Waals surface area contributed by atoms with Gasteiger partial charge in [-0.3, -0.25) is 24.0 Å². The Labute approximate surface area is 233 Å². The third kappa shape index (κ3) is 8.35. The van der Waals surface area contributed by atoms with Crippen LogP contribution < -0.4 is 4.84 Å². The first-order valence-electron chi connectivity index (χ1n) is 12.2. The summed E-state index contributed by atoms with van der Waals surface area (Å²) in [4.78, 5) is 64.0. The summed E-state index contributed by atoms with van der Waals surface area (Å²) in [6, 6.07) is 8.45. The fraction of sp³-hybridized carbons (Fsp3) is 0.423. The molecule has 1 fully saturated rings. The molecular weight excluding hydrogens is 550 g/mol. The number of carbonyl (C=O) groups is 5. The van der Waals surface area contributed by atoms with Crippen molar-refractivity contribution in [3.8, 4) is 11.8 Å². The second-order valence-electron chi connectivity index (χ2n) is 8.84. The molecule has 2 aromatic rings. The third-order valence-electron chi connectivity index (χ3n) is 5.62. The van der Waals surface area contributed by atoms with Crippen LogP contribution in [0.25, 0.3) is 0 Å². The van der Waals surface area contributed by atoms with Gasteiger partial charge in [-0.05, 0) is 11.1 Å². The molecule has 3 rings (SSSR count). The molecule has 1 aromatic carbocycles. The molecule has 5 atom stereocenters. The summed E-state index contributed by atoms with van der Waals surface area (Å²) in [5, 5.41) is 19.1. The molecule has 0 spiro atoms. The van der Waals surface area contributed by atoms with Gasteiger partial charge in [0.25, 0.3) is 0 Å². The Bertz CT molecular complexity index is 1250. The van der Waals surface area contributed by atoms with Gasteiger partial charge < -0.3 is 38.6 Å². The SMILES string of the molecule is CC(=O)OC[C@H]1OC(c2ccc(COC(=O)On3c(O)ccc3O)cc2)[C@H](OC(C)=O)[C@@H](OC(C)=O)[C@H]1OC(C)=O. The van der Waals surface area contributed by atoms with Crippen LogP contribution in [0.5, 0.6) is 11.8 Å². The van der Waals surface area contributed by atoms with Crippen molar-refractivity contribution < 1.29 is 67.4 Å². The van der Waals surface area contributed by atoms with Crippen LogP contribution in [0.4, 0.5) is 4.79 Å². The first-order valence-corrected chi connectivity index (χ1v) is 12.2. The number of aromatic nitrogens is 1. The zero-order chi connectivity index (χ0) is 30.3. The maximum atomic E-state index is 12.0. The Morgan fingerprint density at radius 3 is 1.80 bits per heavy atom. The van der Waals surface area contributed by atoms with E-state index in [9.17, 15) is 34.2 Å². The molecule has 0 amide bonds. The summed E-state index contributed by atoms with van der Waals surface area (Å²) in [7, 11) is 0. The van der Waals surface area contributed by atoms with Crippen molar-refractivity contribution >= 4 is 30.0 Å². The predicted octanol–water partition coefficient (Wildman–Crippen LogP) is 1.46. The molecule has 2 N–H and O–H groups in total. The molecule has 0 saturated carbocycles. The van der Waals surface area contributed by atoms with Crippen molar-refractivity contribution in [1.29, 1.82) is 0 Å². The van der Waals surface area contributed by atoms with Crippen LogP contribution in [0.3, 0.4) is 0 Å². The van der Waals surface area contributed by atoms with Crippen LogP contribution in [0, 0.1) is 0 Å². The molecule has 0 radical (unpaired) electrons. The van der Waals surface area contributed by atoms with E-state index in [1.165, 1.54) is 6.92 Å². The highest BCUT2D eigenvalue weighted by atomic mass is 16.8. The molecule has 15 heteroatoms. The molecule has 1 aromatic heterocycles. The van der Waals surface area contributed by atoms with E-state index in [2.05, 4.69) is 0 Å². The van der Waals surface area contributed by atoms with Crippen molar-refractivity contribution in [2.75, 3.05) is 6.61 Å². The van der Waals surface area contributed by atoms with Gasteiger partial charge in [0.2, 0.25) is 11.8 Å². The largest absolute Gasteiger partial charge is 0.534 e. The van der Waals surface area contributed by atoms with Crippen molar-refractivity contribution in [2.24, 2.45) is 0 Å². The van der Waals surface area contributed by atoms with Crippen molar-refractivity contribution in [1.82, 2.24) is 4.73 Å². The van der Waals surface area contributed by atoms with Crippen molar-refractivity contribution in [3.05, 3.63) is 47.5 Å². The normalized spacial score (nSPS) is 21.7. The average molecular weight is 580 g/mol. The number of hydrogen-bond acceptors (Lipinski definition) is 14. The van der Waals surface area contributed by atoms with Gasteiger partial charge in [-0.25, -0.2) is 4.79 Å². The number of nitrogens with zero attached hydrogens (tertiary/aromatic N) is 1. The number of aromatic hydroxyl groups is 2. The zero-order valence-corrected chi connectivity index (χ0v) is 22.5. The minimum atomic E-state index is -1.32. The Hall–Kier alpha value is -4.79. The third-order valence-corrected chi connectivity index (χ3v) is 5.62. The van der Waals surface area contributed by atoms with E-state index in [1.807, 2.05) is 0 Å². The van der Waals surface area contributed by atoms with E-state index in [0.29, 0.717) is 15.9 Å². The van der Waals surface area contributed by atoms with Crippen LogP contribution in [0.1, 0.15) is 44.9 Å². The van der Waals surface area contributed by atoms with Gasteiger partial charge >= 0.3 is 30.0 Å². The highest BCUT2D eigenvalue weighted by Crippen LogP contribution is 2.37. The number of esters is 4. The Balaban J connectivity index is 1.84. The first-order chi connectivity index (χ1) is 19.3. The lowest BCUT2D eigenvalue weighted by atomic mass is 9.90. The van der Waals surface area contributed by atoms with Crippen LogP contribution in [0.2, 0.25) is 0 Å². The van der Waals surface area contributed by atoms with Crippen molar-refractivity contribution in [3.63, 3.8) is 0 Å². The molecule has 1 aliphatic heterocycles. The molecule has 1 saturated heterocycles. The standard InChI is InChI=1S/C26H29NO14/c1-13(28)35-12-19-23(37-14(2)29)25(39-16(4)31)24(38-15(3)30)22(40-19)18-7-5-17(6-8-18)11-36-26(34)41-27-20(32)9-10-21(27)33/h5-10,19,22-25,32-33H,11-12H2,1-4H3/t19-,22?,23+,24+,25+/m1/s1. The first kappa shape index (κ1) is 30.7. The number of ether oxygens (including phenoxy) is 6. The van der Waals surface area contributed by atoms with Gasteiger partial charge in [-0.1, -0.05) is 24.3 Å². The van der Waals surface area contributed by atoms with Crippen LogP contribution >= 0.6 is 0 Å². The molecule has 2 heterocycles. The van der Waals surface area contributed by atoms with Gasteiger partial charge in [-0.2, -0.15) is 0 Å². The van der Waals surface area contributed by atoms with Crippen molar-refractivity contribution in [2.45, 2.75) is 64.8 Å². The smallest absolute Gasteiger partial charge is 0.492 e. The minimum Gasteiger partial charge on any atom is -0.492 e. The van der Waals surface area contributed by atoms with E-state index in [-0.39, 0.29) is 13.2 Å². The van der Waals surface area contributed by atoms with Gasteiger partial charge in [0.1, 0.15) is 25.4 Å². The minimum absolute atomic E-state index is 0.263. The molecule has 222 valence electrons. The Morgan fingerprint density at radius 1 is 0.732 bits per heavy atom. The highest BCUT2D eigenvalue weighted by molar-refractivity contribution is 5.69. The molecule has 41 heavy (non-hydrogen) atoms. The van der Waals surface area contributed by atoms with Crippen LogP contribution in [-0.4, -0.2) is 76.0 Å². The lowest BCUT2D eigenvalue weighted by Crippen LogP contribution is -2.59. The fourth-order valence-electron chi connectivity index (χ4n) is 4.04. The van der Waals surface area contributed by atoms with E-state index in [1.54, 1.807) is 24.3 Å². The van der Waals surface area contributed by atoms with Crippen LogP contribution in [0.15, 0.2) is 36.4 Å². The molecule has 0 aliphatic carbocycles. The lowest BCUT2D eigenvalue weighted by molar-refractivity contribution is -0.254. The number of benzene rings is 1. The molecule has 0 bridgehead atoms. The summed E-state index contributed by atoms with van der Waals surface area (Å²) in [5.41, 5.74) is 0.910. The second kappa shape index (κ2) is 13.5. The van der Waals surface area contributed by atoms with Gasteiger partial charge in [0, 0.05) is 39.8 Å². The number of rotatable bonds is 9. The molecule has 1 unspecified atom stereocenters. The van der Waals surface area contributed by atoms with Gasteiger partial charge in [-0.15, -0.1) is 4.73 Å². The zero-order valence-electron chi connectivity index (χ0n) is 22.5. The maximum Gasteiger partial charge on any atom is 0.534 e. The van der Waals surface area contributed by atoms with Crippen LogP contribution in [-0.2, 0) is 54.2 Å². The van der Waals surface area contributed by atoms with E-state index < -0.39 is 72.3 Å². The molecular formula is C26H29NO14. The Kier molecular flexibility index (Phi) is 10.1. The van der Waals surface area contributed by atoms with Gasteiger partial charge in [0.15, 0.2) is 18.3 Å². The van der Waals surface area contributed by atoms with E-state index >= 15 is 0 Å². The predicted molar refractivity (Wildman–Crippen MR) is 132 cm³/mol. The Morgan fingerprint density at radius 2 is 1.27 bits per heavy atom. The number of hydrogen-bond donors (Lipinski definition) is 2. The fourth-order valence-corrected chi connectivity index (χ4v) is 4.04. The summed E-state index contributed by atoms with van der Waals surface area (Å²) in [5.74, 6) is -3.90. The highest BCUT2D eigenvalue weighted by Gasteiger charge is 2.52. The average Bonchev–Trinajstić information content (AvgIpc) is 3.20. The van der Waals surface area contributed by atoms with E-state index in [0.717, 1.165) is 32.9 Å². The summed E-state index contributed by atoms with van der Waals surface area (Å²) < 4.78 is 32.9. The summed E-state index contributed by atoms with van der Waals surface area (Å²) >= 11 is 0. The maximum absolute atomic E-state index is 12.0. The lowest BCUT2D eigenvalue weighted by Gasteiger charge is -2.44. The molecule has 15 nitrogen and oxygen atoms in total. The topological polar surface area (TPSA) is 195 Å². The van der Waals surface area contributed by atoms with E-state index in [4.69, 9.17) is 33.3 Å². The molecule has 1 aliphatic rings. The quantitative estimate of drug-likeness (QED) is 0.320. The monoisotopic (exact) mass is 579 g/mol. The number of carbonyl (C=O) groups excluding carboxylic acids is 5. The summed E-state index contributed by atoms with van der Waals surface area (Å²) in [6.45, 7) is 3.93.